The van der Waals surface area contributed by atoms with E-state index in [4.69, 9.17) is 5.73 Å². The first-order chi connectivity index (χ1) is 4.20. The number of hydrogen-bond acceptors (Lipinski definition) is 2. The number of nitrogens with two attached hydrogens (primary N) is 1. The number of hydrogen-bond donors (Lipinski definition) is 2. The molecule has 0 spiro atoms. The highest BCUT2D eigenvalue weighted by Crippen LogP contribution is 2.14. The smallest absolute Gasteiger partial charge is 0.0354 e. The van der Waals surface area contributed by atoms with Gasteiger partial charge in [0, 0.05) is 10.6 Å². The molecule has 0 aliphatic heterocycles. The van der Waals surface area contributed by atoms with E-state index in [0.29, 0.717) is 0 Å². The Morgan fingerprint density at radius 3 is 2.40 bits per heavy atom. The van der Waals surface area contributed by atoms with E-state index in [-0.39, 0.29) is 12.4 Å². The second-order valence-electron chi connectivity index (χ2n) is 2.04. The van der Waals surface area contributed by atoms with E-state index in [9.17, 15) is 0 Å². The van der Waals surface area contributed by atoms with Crippen molar-refractivity contribution in [2.24, 2.45) is 0 Å². The van der Waals surface area contributed by atoms with Crippen LogP contribution < -0.4 is 5.73 Å². The molecule has 0 bridgehead atoms. The largest absolute Gasteiger partial charge is 0.398 e. The van der Waals surface area contributed by atoms with Crippen molar-refractivity contribution in [2.45, 2.75) is 11.8 Å². The summed E-state index contributed by atoms with van der Waals surface area (Å²) >= 11 is 4.12. The zero-order chi connectivity index (χ0) is 6.85. The number of thiol groups is 1. The summed E-state index contributed by atoms with van der Waals surface area (Å²) in [5.74, 6) is 0. The van der Waals surface area contributed by atoms with Crippen LogP contribution in [0.3, 0.4) is 0 Å². The minimum absolute atomic E-state index is 0. The summed E-state index contributed by atoms with van der Waals surface area (Å²) in [4.78, 5) is 0.915. The summed E-state index contributed by atoms with van der Waals surface area (Å²) in [5.41, 5.74) is 7.48. The SMILES string of the molecule is Cc1ccc(S)cc1N.Cl. The van der Waals surface area contributed by atoms with Crippen molar-refractivity contribution < 1.29 is 0 Å². The summed E-state index contributed by atoms with van der Waals surface area (Å²) < 4.78 is 0. The molecule has 0 saturated heterocycles. The maximum atomic E-state index is 5.57. The lowest BCUT2D eigenvalue weighted by atomic mass is 10.2. The Morgan fingerprint density at radius 1 is 1.40 bits per heavy atom. The van der Waals surface area contributed by atoms with Crippen molar-refractivity contribution in [1.29, 1.82) is 0 Å². The molecule has 0 unspecified atom stereocenters. The molecule has 3 heteroatoms. The van der Waals surface area contributed by atoms with Crippen LogP contribution in [-0.2, 0) is 0 Å². The van der Waals surface area contributed by atoms with Crippen molar-refractivity contribution in [3.05, 3.63) is 23.8 Å². The topological polar surface area (TPSA) is 26.0 Å². The fourth-order valence-electron chi connectivity index (χ4n) is 0.628. The molecule has 0 heterocycles. The van der Waals surface area contributed by atoms with Crippen LogP contribution in [0.1, 0.15) is 5.56 Å². The molecule has 1 nitrogen and oxygen atoms in total. The normalized spacial score (nSPS) is 8.60. The first kappa shape index (κ1) is 9.66. The van der Waals surface area contributed by atoms with Crippen LogP contribution in [0, 0.1) is 6.92 Å². The van der Waals surface area contributed by atoms with Gasteiger partial charge in [-0.2, -0.15) is 0 Å². The van der Waals surface area contributed by atoms with Crippen molar-refractivity contribution in [3.63, 3.8) is 0 Å². The van der Waals surface area contributed by atoms with Gasteiger partial charge in [-0.15, -0.1) is 25.0 Å². The maximum Gasteiger partial charge on any atom is 0.0354 e. The molecule has 10 heavy (non-hydrogen) atoms. The van der Waals surface area contributed by atoms with Gasteiger partial charge in [0.15, 0.2) is 0 Å². The molecular formula is C7H10ClNS. The van der Waals surface area contributed by atoms with E-state index in [0.717, 1.165) is 16.1 Å². The zero-order valence-electron chi connectivity index (χ0n) is 5.66. The summed E-state index contributed by atoms with van der Waals surface area (Å²) in [6.45, 7) is 1.97. The molecule has 0 fully saturated rings. The molecule has 2 N–H and O–H groups in total. The number of anilines is 1. The van der Waals surface area contributed by atoms with Crippen molar-refractivity contribution in [1.82, 2.24) is 0 Å². The van der Waals surface area contributed by atoms with Gasteiger partial charge in [-0.3, -0.25) is 0 Å². The third kappa shape index (κ3) is 2.12. The Labute approximate surface area is 72.4 Å². The third-order valence-electron chi connectivity index (χ3n) is 1.26. The van der Waals surface area contributed by atoms with Crippen LogP contribution in [0.4, 0.5) is 5.69 Å². The minimum atomic E-state index is 0. The minimum Gasteiger partial charge on any atom is -0.398 e. The molecule has 1 aromatic rings. The Balaban J connectivity index is 0.000000810. The van der Waals surface area contributed by atoms with E-state index in [1.54, 1.807) is 0 Å². The predicted molar refractivity (Wildman–Crippen MR) is 50.1 cm³/mol. The second kappa shape index (κ2) is 3.74. The summed E-state index contributed by atoms with van der Waals surface area (Å²) in [7, 11) is 0. The van der Waals surface area contributed by atoms with E-state index in [1.165, 1.54) is 0 Å². The number of rotatable bonds is 0. The van der Waals surface area contributed by atoms with E-state index in [1.807, 2.05) is 25.1 Å². The lowest BCUT2D eigenvalue weighted by Crippen LogP contribution is -1.87. The van der Waals surface area contributed by atoms with Crippen molar-refractivity contribution in [3.8, 4) is 0 Å². The van der Waals surface area contributed by atoms with Gasteiger partial charge in [0.1, 0.15) is 0 Å². The zero-order valence-corrected chi connectivity index (χ0v) is 7.38. The molecule has 0 aliphatic rings. The lowest BCUT2D eigenvalue weighted by molar-refractivity contribution is 1.39. The van der Waals surface area contributed by atoms with E-state index < -0.39 is 0 Å². The summed E-state index contributed by atoms with van der Waals surface area (Å²) in [5, 5.41) is 0. The molecule has 0 saturated carbocycles. The van der Waals surface area contributed by atoms with Crippen LogP contribution >= 0.6 is 25.0 Å². The van der Waals surface area contributed by atoms with Gasteiger partial charge in [-0.25, -0.2) is 0 Å². The fourth-order valence-corrected chi connectivity index (χ4v) is 0.841. The third-order valence-corrected chi connectivity index (χ3v) is 1.54. The molecule has 0 aliphatic carbocycles. The van der Waals surface area contributed by atoms with Gasteiger partial charge in [0.2, 0.25) is 0 Å². The Hall–Kier alpha value is -0.340. The highest BCUT2D eigenvalue weighted by Gasteiger charge is 1.90. The Bertz CT molecular complexity index is 225. The maximum absolute atomic E-state index is 5.57. The van der Waals surface area contributed by atoms with E-state index in [2.05, 4.69) is 12.6 Å². The first-order valence-electron chi connectivity index (χ1n) is 2.75. The van der Waals surface area contributed by atoms with Crippen LogP contribution in [0.25, 0.3) is 0 Å². The monoisotopic (exact) mass is 175 g/mol. The Morgan fingerprint density at radius 2 is 2.00 bits per heavy atom. The van der Waals surface area contributed by atoms with Crippen LogP contribution in [0.2, 0.25) is 0 Å². The molecule has 0 amide bonds. The van der Waals surface area contributed by atoms with Crippen LogP contribution in [0.15, 0.2) is 23.1 Å². The molecule has 0 atom stereocenters. The molecule has 56 valence electrons. The standard InChI is InChI=1S/C7H9NS.ClH/c1-5-2-3-6(9)4-7(5)8;/h2-4,9H,8H2,1H3;1H. The van der Waals surface area contributed by atoms with Gasteiger partial charge in [0.05, 0.1) is 0 Å². The summed E-state index contributed by atoms with van der Waals surface area (Å²) in [6.07, 6.45) is 0. The highest BCUT2D eigenvalue weighted by atomic mass is 35.5. The average Bonchev–Trinajstić information content (AvgIpc) is 1.80. The average molecular weight is 176 g/mol. The lowest BCUT2D eigenvalue weighted by Gasteiger charge is -1.97. The summed E-state index contributed by atoms with van der Waals surface area (Å²) in [6, 6.07) is 5.73. The van der Waals surface area contributed by atoms with Crippen molar-refractivity contribution in [2.75, 3.05) is 5.73 Å². The van der Waals surface area contributed by atoms with Crippen LogP contribution in [0.5, 0.6) is 0 Å². The van der Waals surface area contributed by atoms with Crippen LogP contribution in [-0.4, -0.2) is 0 Å². The fraction of sp³-hybridized carbons (Fsp3) is 0.143. The predicted octanol–water partition coefficient (Wildman–Crippen LogP) is 2.29. The van der Waals surface area contributed by atoms with Gasteiger partial charge < -0.3 is 5.73 Å². The van der Waals surface area contributed by atoms with Gasteiger partial charge >= 0.3 is 0 Å². The van der Waals surface area contributed by atoms with Gasteiger partial charge in [0.25, 0.3) is 0 Å². The first-order valence-corrected chi connectivity index (χ1v) is 3.20. The quantitative estimate of drug-likeness (QED) is 0.459. The molecule has 1 aromatic carbocycles. The number of halogens is 1. The Kier molecular flexibility index (Phi) is 3.61. The molecule has 0 radical (unpaired) electrons. The molecule has 0 aromatic heterocycles. The highest BCUT2D eigenvalue weighted by molar-refractivity contribution is 7.80. The van der Waals surface area contributed by atoms with Crippen molar-refractivity contribution >= 4 is 30.7 Å². The van der Waals surface area contributed by atoms with E-state index >= 15 is 0 Å². The van der Waals surface area contributed by atoms with Gasteiger partial charge in [-0.1, -0.05) is 6.07 Å². The second-order valence-corrected chi connectivity index (χ2v) is 2.56. The molecular weight excluding hydrogens is 166 g/mol. The van der Waals surface area contributed by atoms with Gasteiger partial charge in [-0.05, 0) is 24.6 Å². The number of aryl methyl sites for hydroxylation is 1. The number of benzene rings is 1. The molecule has 1 rings (SSSR count). The number of nitrogen functional groups attached to an aromatic ring is 1.